The van der Waals surface area contributed by atoms with Crippen molar-refractivity contribution in [1.29, 1.82) is 0 Å². The van der Waals surface area contributed by atoms with Crippen LogP contribution in [0.1, 0.15) is 112 Å². The number of hydrogen-bond donors (Lipinski definition) is 5. The van der Waals surface area contributed by atoms with Gasteiger partial charge in [-0.15, -0.1) is 0 Å². The number of likely N-dealkylation sites (N-methyl/N-ethyl adjacent to an activating group) is 2. The number of nitrogens with one attached hydrogen (secondary N) is 5. The van der Waals surface area contributed by atoms with Gasteiger partial charge < -0.3 is 36.4 Å². The molecule has 2 aliphatic rings. The van der Waals surface area contributed by atoms with Gasteiger partial charge in [0.2, 0.25) is 23.6 Å². The van der Waals surface area contributed by atoms with Crippen LogP contribution in [-0.4, -0.2) is 135 Å². The van der Waals surface area contributed by atoms with Crippen LogP contribution in [0.2, 0.25) is 0 Å². The summed E-state index contributed by atoms with van der Waals surface area (Å²) in [5.41, 5.74) is 0.504. The van der Waals surface area contributed by atoms with Gasteiger partial charge in [0.25, 0.3) is 5.91 Å². The highest BCUT2D eigenvalue weighted by molar-refractivity contribution is 5.94. The van der Waals surface area contributed by atoms with Crippen LogP contribution < -0.4 is 26.6 Å². The number of carbonyl (C=O) groups is 6. The molecular weight excluding hydrogens is 718 g/mol. The number of unbranched alkanes of at least 4 members (excludes halogenated alkanes) is 3. The molecule has 0 spiro atoms. The molecule has 56 heavy (non-hydrogen) atoms. The van der Waals surface area contributed by atoms with Crippen molar-refractivity contribution in [3.05, 3.63) is 48.6 Å². The molecule has 0 radical (unpaired) electrons. The van der Waals surface area contributed by atoms with Crippen LogP contribution in [0.5, 0.6) is 0 Å². The van der Waals surface area contributed by atoms with Gasteiger partial charge >= 0.3 is 0 Å². The van der Waals surface area contributed by atoms with E-state index in [-0.39, 0.29) is 66.1 Å². The first-order valence-electron chi connectivity index (χ1n) is 19.9. The predicted molar refractivity (Wildman–Crippen MR) is 208 cm³/mol. The topological polar surface area (TPSA) is 221 Å². The van der Waals surface area contributed by atoms with Crippen LogP contribution in [0, 0.1) is 0 Å². The van der Waals surface area contributed by atoms with Crippen LogP contribution in [0.4, 0.5) is 0 Å². The van der Waals surface area contributed by atoms with E-state index in [1.54, 1.807) is 32.8 Å². The number of aromatic nitrogens is 4. The third kappa shape index (κ3) is 12.8. The van der Waals surface area contributed by atoms with E-state index < -0.39 is 24.2 Å². The van der Waals surface area contributed by atoms with Crippen LogP contribution in [0.3, 0.4) is 0 Å². The van der Waals surface area contributed by atoms with E-state index in [1.165, 1.54) is 37.2 Å². The van der Waals surface area contributed by atoms with E-state index in [1.807, 2.05) is 4.90 Å². The first-order chi connectivity index (χ1) is 27.0. The molecule has 2 aromatic heterocycles. The molecule has 2 aromatic rings. The lowest BCUT2D eigenvalue weighted by molar-refractivity contribution is -0.138. The maximum absolute atomic E-state index is 14.0. The number of nitrogens with zero attached hydrogens (tertiary/aromatic N) is 6. The zero-order valence-electron chi connectivity index (χ0n) is 33.2. The van der Waals surface area contributed by atoms with Gasteiger partial charge in [-0.25, -0.2) is 9.97 Å². The molecule has 17 nitrogen and oxygen atoms in total. The lowest BCUT2D eigenvalue weighted by atomic mass is 10.0. The third-order valence-corrected chi connectivity index (χ3v) is 10.8. The molecule has 0 aliphatic carbocycles. The fraction of sp³-hybridized carbons (Fsp3) is 0.641. The Kier molecular flexibility index (Phi) is 17.7. The summed E-state index contributed by atoms with van der Waals surface area (Å²) in [6, 6.07) is -2.75. The highest BCUT2D eigenvalue weighted by Crippen LogP contribution is 2.25. The molecular formula is C39H59N11O6. The molecule has 4 rings (SSSR count). The number of amides is 5. The third-order valence-electron chi connectivity index (χ3n) is 10.8. The smallest absolute Gasteiger partial charge is 0.271 e. The maximum Gasteiger partial charge on any atom is 0.271 e. The van der Waals surface area contributed by atoms with Crippen molar-refractivity contribution >= 4 is 35.3 Å². The molecule has 17 heteroatoms. The molecule has 0 saturated carbocycles. The predicted octanol–water partition coefficient (Wildman–Crippen LogP) is 1.17. The molecule has 0 aromatic carbocycles. The summed E-state index contributed by atoms with van der Waals surface area (Å²) in [4.78, 5) is 98.7. The van der Waals surface area contributed by atoms with E-state index in [9.17, 15) is 28.8 Å². The number of Topliss-reactive ketones (excluding diaryl/α,β-unsaturated/α-hetero) is 1. The van der Waals surface area contributed by atoms with Crippen LogP contribution in [0.25, 0.3) is 0 Å². The first kappa shape index (κ1) is 43.8. The molecule has 2 saturated heterocycles. The minimum Gasteiger partial charge on any atom is -0.349 e. The highest BCUT2D eigenvalue weighted by Gasteiger charge is 2.36. The van der Waals surface area contributed by atoms with Crippen molar-refractivity contribution in [3.63, 3.8) is 0 Å². The average molecular weight is 778 g/mol. The second-order valence-electron chi connectivity index (χ2n) is 14.6. The quantitative estimate of drug-likeness (QED) is 0.0841. The van der Waals surface area contributed by atoms with E-state index in [0.717, 1.165) is 38.5 Å². The second kappa shape index (κ2) is 22.6. The van der Waals surface area contributed by atoms with Gasteiger partial charge in [0.1, 0.15) is 23.5 Å². The Morgan fingerprint density at radius 1 is 0.696 bits per heavy atom. The van der Waals surface area contributed by atoms with Gasteiger partial charge in [-0.3, -0.25) is 38.7 Å². The Morgan fingerprint density at radius 2 is 1.20 bits per heavy atom. The summed E-state index contributed by atoms with van der Waals surface area (Å²) in [5, 5.41) is 14.6. The summed E-state index contributed by atoms with van der Waals surface area (Å²) in [7, 11) is 3.37. The van der Waals surface area contributed by atoms with Crippen LogP contribution in [-0.2, 0) is 19.2 Å². The lowest BCUT2D eigenvalue weighted by Gasteiger charge is -2.30. The van der Waals surface area contributed by atoms with E-state index in [0.29, 0.717) is 50.9 Å². The summed E-state index contributed by atoms with van der Waals surface area (Å²) < 4.78 is 0. The van der Waals surface area contributed by atoms with E-state index in [4.69, 9.17) is 0 Å². The Hall–Kier alpha value is -4.90. The van der Waals surface area contributed by atoms with E-state index >= 15 is 0 Å². The molecule has 6 atom stereocenters. The minimum absolute atomic E-state index is 0.107. The molecule has 0 unspecified atom stereocenters. The summed E-state index contributed by atoms with van der Waals surface area (Å²) in [6.07, 6.45) is 16.3. The molecule has 5 amide bonds. The average Bonchev–Trinajstić information content (AvgIpc) is 3.91. The second-order valence-corrected chi connectivity index (χ2v) is 14.6. The summed E-state index contributed by atoms with van der Waals surface area (Å²) >= 11 is 0. The summed E-state index contributed by atoms with van der Waals surface area (Å²) in [5.74, 6) is -1.34. The van der Waals surface area contributed by atoms with Crippen molar-refractivity contribution in [2.45, 2.75) is 127 Å². The fourth-order valence-electron chi connectivity index (χ4n) is 7.17. The normalized spacial score (nSPS) is 18.8. The molecule has 306 valence electrons. The number of likely N-dealkylation sites (tertiary alicyclic amines) is 2. The largest absolute Gasteiger partial charge is 0.349 e. The van der Waals surface area contributed by atoms with Gasteiger partial charge in [-0.2, -0.15) is 0 Å². The SMILES string of the molecule is CN[C@@H](C)C(=O)N[C@@H](CCCCCC[C@H](NC(=O)[C@H](C)NC)C(=O)N1CCC[C@H]1CNC(=O)c1cnccn1)C(=O)N1CCC[C@H]1CCC(=O)c1cnccn1. The number of rotatable bonds is 22. The van der Waals surface area contributed by atoms with Gasteiger partial charge in [0, 0.05) is 62.9 Å². The molecule has 2 aliphatic heterocycles. The lowest BCUT2D eigenvalue weighted by Crippen LogP contribution is -2.54. The molecule has 5 N–H and O–H groups in total. The Morgan fingerprint density at radius 3 is 1.70 bits per heavy atom. The standard InChI is InChI=1S/C39H59N11O6/c1-26(40-3)35(52)47-30(38(55)49-21-9-11-28(49)15-16-34(51)32-24-42-17-19-44-32)13-7-5-6-8-14-31(48-36(53)27(2)41-4)39(56)50-22-10-12-29(50)23-46-37(54)33-25-43-18-20-45-33/h17-20,24-31,40-41H,5-16,21-23H2,1-4H3,(H,46,54)(H,47,52)(H,48,53)/t26-,27-,28-,29-,30-,31-/m0/s1. The zero-order chi connectivity index (χ0) is 40.5. The van der Waals surface area contributed by atoms with Crippen molar-refractivity contribution in [3.8, 4) is 0 Å². The fourth-order valence-corrected chi connectivity index (χ4v) is 7.17. The molecule has 4 heterocycles. The Labute approximate surface area is 329 Å². The van der Waals surface area contributed by atoms with Crippen LogP contribution >= 0.6 is 0 Å². The van der Waals surface area contributed by atoms with Crippen molar-refractivity contribution in [2.24, 2.45) is 0 Å². The van der Waals surface area contributed by atoms with Crippen LogP contribution in [0.15, 0.2) is 37.2 Å². The number of hydrogen-bond acceptors (Lipinski definition) is 12. The highest BCUT2D eigenvalue weighted by atomic mass is 16.2. The summed E-state index contributed by atoms with van der Waals surface area (Å²) in [6.45, 7) is 4.83. The van der Waals surface area contributed by atoms with Crippen molar-refractivity contribution < 1.29 is 28.8 Å². The van der Waals surface area contributed by atoms with Gasteiger partial charge in [-0.05, 0) is 72.9 Å². The van der Waals surface area contributed by atoms with Gasteiger partial charge in [0.15, 0.2) is 5.78 Å². The number of ketones is 1. The van der Waals surface area contributed by atoms with E-state index in [2.05, 4.69) is 46.5 Å². The minimum atomic E-state index is -0.737. The molecule has 0 bridgehead atoms. The number of carbonyl (C=O) groups excluding carboxylic acids is 6. The molecule has 2 fully saturated rings. The Bertz CT molecular complexity index is 1480. The Balaban J connectivity index is 1.31. The van der Waals surface area contributed by atoms with Gasteiger partial charge in [-0.1, -0.05) is 25.7 Å². The monoisotopic (exact) mass is 777 g/mol. The van der Waals surface area contributed by atoms with Crippen molar-refractivity contribution in [1.82, 2.24) is 56.3 Å². The van der Waals surface area contributed by atoms with Gasteiger partial charge in [0.05, 0.1) is 24.5 Å². The van der Waals surface area contributed by atoms with Crippen molar-refractivity contribution in [2.75, 3.05) is 33.7 Å². The first-order valence-corrected chi connectivity index (χ1v) is 19.9. The zero-order valence-corrected chi connectivity index (χ0v) is 33.2. The maximum atomic E-state index is 14.0.